The van der Waals surface area contributed by atoms with E-state index in [4.69, 9.17) is 16.3 Å². The second-order valence-corrected chi connectivity index (χ2v) is 11.4. The van der Waals surface area contributed by atoms with Crippen LogP contribution in [0.5, 0.6) is 5.75 Å². The molecule has 1 amide bonds. The summed E-state index contributed by atoms with van der Waals surface area (Å²) < 4.78 is 32.4. The molecule has 1 aliphatic heterocycles. The van der Waals surface area contributed by atoms with Gasteiger partial charge in [0.25, 0.3) is 0 Å². The molecule has 6 nitrogen and oxygen atoms in total. The van der Waals surface area contributed by atoms with Gasteiger partial charge in [-0.3, -0.25) is 4.79 Å². The van der Waals surface area contributed by atoms with Crippen LogP contribution in [-0.4, -0.2) is 38.8 Å². The summed E-state index contributed by atoms with van der Waals surface area (Å²) in [6.07, 6.45) is 1.85. The van der Waals surface area contributed by atoms with Crippen LogP contribution < -0.4 is 10.1 Å². The molecule has 1 atom stereocenters. The van der Waals surface area contributed by atoms with Crippen molar-refractivity contribution in [1.29, 1.82) is 0 Å². The van der Waals surface area contributed by atoms with Gasteiger partial charge in [-0.2, -0.15) is 0 Å². The van der Waals surface area contributed by atoms with Crippen molar-refractivity contribution >= 4 is 27.5 Å². The van der Waals surface area contributed by atoms with E-state index in [-0.39, 0.29) is 23.6 Å². The molecule has 0 aromatic heterocycles. The van der Waals surface area contributed by atoms with E-state index in [0.29, 0.717) is 42.4 Å². The zero-order valence-electron chi connectivity index (χ0n) is 19.5. The average Bonchev–Trinajstić information content (AvgIpc) is 2.78. The fourth-order valence-corrected chi connectivity index (χ4v) is 5.96. The van der Waals surface area contributed by atoms with Gasteiger partial charge < -0.3 is 10.1 Å². The van der Waals surface area contributed by atoms with Gasteiger partial charge in [0.05, 0.1) is 18.9 Å². The standard InChI is InChI=1S/C25H33ClN2O4S/c1-18(2)15-24(20-7-9-23(32-3)10-8-20)27-25(29)21-11-13-28(14-12-21)33(30,31)17-19-5-4-6-22(26)16-19/h4-10,16,18,21,24H,11-15,17H2,1-3H3,(H,27,29)/t24-/m1/s1. The van der Waals surface area contributed by atoms with Gasteiger partial charge in [0.1, 0.15) is 5.75 Å². The van der Waals surface area contributed by atoms with Crippen molar-refractivity contribution in [3.8, 4) is 5.75 Å². The minimum Gasteiger partial charge on any atom is -0.497 e. The number of nitrogens with zero attached hydrogens (tertiary/aromatic N) is 1. The Morgan fingerprint density at radius 3 is 2.39 bits per heavy atom. The van der Waals surface area contributed by atoms with Crippen molar-refractivity contribution in [2.75, 3.05) is 20.2 Å². The van der Waals surface area contributed by atoms with Gasteiger partial charge in [0.2, 0.25) is 15.9 Å². The second-order valence-electron chi connectivity index (χ2n) is 9.02. The first-order chi connectivity index (χ1) is 15.7. The predicted octanol–water partition coefficient (Wildman–Crippen LogP) is 4.79. The molecule has 0 bridgehead atoms. The van der Waals surface area contributed by atoms with Crippen molar-refractivity contribution in [3.05, 3.63) is 64.7 Å². The highest BCUT2D eigenvalue weighted by Crippen LogP contribution is 2.27. The van der Waals surface area contributed by atoms with Gasteiger partial charge in [0, 0.05) is 24.0 Å². The summed E-state index contributed by atoms with van der Waals surface area (Å²) in [6.45, 7) is 4.95. The number of ether oxygens (including phenoxy) is 1. The number of piperidine rings is 1. The molecule has 1 N–H and O–H groups in total. The maximum Gasteiger partial charge on any atom is 0.223 e. The first-order valence-corrected chi connectivity index (χ1v) is 13.3. The van der Waals surface area contributed by atoms with E-state index < -0.39 is 10.0 Å². The lowest BCUT2D eigenvalue weighted by molar-refractivity contribution is -0.127. The normalized spacial score (nSPS) is 16.5. The minimum atomic E-state index is -3.46. The van der Waals surface area contributed by atoms with E-state index >= 15 is 0 Å². The number of hydrogen-bond donors (Lipinski definition) is 1. The van der Waals surface area contributed by atoms with Gasteiger partial charge in [-0.25, -0.2) is 12.7 Å². The lowest BCUT2D eigenvalue weighted by Gasteiger charge is -2.32. The number of hydrogen-bond acceptors (Lipinski definition) is 4. The maximum atomic E-state index is 13.1. The van der Waals surface area contributed by atoms with Crippen LogP contribution in [0.3, 0.4) is 0 Å². The van der Waals surface area contributed by atoms with Gasteiger partial charge in [0.15, 0.2) is 0 Å². The first kappa shape index (κ1) is 25.5. The summed E-state index contributed by atoms with van der Waals surface area (Å²) in [5.74, 6) is 0.896. The number of halogens is 1. The lowest BCUT2D eigenvalue weighted by atomic mass is 9.93. The Hall–Kier alpha value is -2.09. The third-order valence-corrected chi connectivity index (χ3v) is 8.08. The fourth-order valence-electron chi connectivity index (χ4n) is 4.20. The summed E-state index contributed by atoms with van der Waals surface area (Å²) in [6, 6.07) is 14.6. The smallest absolute Gasteiger partial charge is 0.223 e. The summed E-state index contributed by atoms with van der Waals surface area (Å²) in [5, 5.41) is 3.73. The van der Waals surface area contributed by atoms with Crippen molar-refractivity contribution in [3.63, 3.8) is 0 Å². The van der Waals surface area contributed by atoms with Gasteiger partial charge in [-0.05, 0) is 60.6 Å². The minimum absolute atomic E-state index is 0.0108. The zero-order valence-corrected chi connectivity index (χ0v) is 21.0. The molecular weight excluding hydrogens is 460 g/mol. The van der Waals surface area contributed by atoms with E-state index in [1.165, 1.54) is 4.31 Å². The highest BCUT2D eigenvalue weighted by atomic mass is 35.5. The Labute approximate surface area is 202 Å². The number of nitrogens with one attached hydrogen (secondary N) is 1. The quantitative estimate of drug-likeness (QED) is 0.545. The Morgan fingerprint density at radius 1 is 1.15 bits per heavy atom. The van der Waals surface area contributed by atoms with Crippen LogP contribution in [0.25, 0.3) is 0 Å². The molecule has 1 saturated heterocycles. The number of benzene rings is 2. The van der Waals surface area contributed by atoms with Gasteiger partial charge >= 0.3 is 0 Å². The Kier molecular flexibility index (Phi) is 8.79. The molecule has 33 heavy (non-hydrogen) atoms. The largest absolute Gasteiger partial charge is 0.497 e. The van der Waals surface area contributed by atoms with Crippen LogP contribution in [0.15, 0.2) is 48.5 Å². The van der Waals surface area contributed by atoms with Crippen LogP contribution in [0.4, 0.5) is 0 Å². The third kappa shape index (κ3) is 7.19. The first-order valence-electron chi connectivity index (χ1n) is 11.3. The summed E-state index contributed by atoms with van der Waals surface area (Å²) in [7, 11) is -1.83. The van der Waals surface area contributed by atoms with Crippen LogP contribution in [-0.2, 0) is 20.6 Å². The lowest BCUT2D eigenvalue weighted by Crippen LogP contribution is -2.44. The van der Waals surface area contributed by atoms with Crippen molar-refractivity contribution < 1.29 is 17.9 Å². The molecule has 8 heteroatoms. The van der Waals surface area contributed by atoms with E-state index in [1.54, 1.807) is 31.4 Å². The van der Waals surface area contributed by atoms with Crippen molar-refractivity contribution in [2.45, 2.75) is 44.9 Å². The number of carbonyl (C=O) groups is 1. The molecule has 0 spiro atoms. The Morgan fingerprint density at radius 2 is 1.82 bits per heavy atom. The van der Waals surface area contributed by atoms with Crippen LogP contribution in [0, 0.1) is 11.8 Å². The van der Waals surface area contributed by atoms with E-state index in [0.717, 1.165) is 17.7 Å². The molecule has 0 aliphatic carbocycles. The van der Waals surface area contributed by atoms with Gasteiger partial charge in [-0.15, -0.1) is 0 Å². The molecule has 0 radical (unpaired) electrons. The molecule has 180 valence electrons. The molecule has 0 unspecified atom stereocenters. The molecule has 2 aromatic rings. The number of carbonyl (C=O) groups excluding carboxylic acids is 1. The van der Waals surface area contributed by atoms with Crippen molar-refractivity contribution in [1.82, 2.24) is 9.62 Å². The monoisotopic (exact) mass is 492 g/mol. The SMILES string of the molecule is COc1ccc([C@@H](CC(C)C)NC(=O)C2CCN(S(=O)(=O)Cc3cccc(Cl)c3)CC2)cc1. The maximum absolute atomic E-state index is 13.1. The molecule has 2 aromatic carbocycles. The number of sulfonamides is 1. The Balaban J connectivity index is 1.59. The molecule has 1 heterocycles. The topological polar surface area (TPSA) is 75.7 Å². The second kappa shape index (κ2) is 11.4. The molecule has 1 fully saturated rings. The summed E-state index contributed by atoms with van der Waals surface area (Å²) >= 11 is 5.99. The number of methoxy groups -OCH3 is 1. The summed E-state index contributed by atoms with van der Waals surface area (Å²) in [5.41, 5.74) is 1.71. The fraction of sp³-hybridized carbons (Fsp3) is 0.480. The van der Waals surface area contributed by atoms with Crippen molar-refractivity contribution in [2.24, 2.45) is 11.8 Å². The van der Waals surface area contributed by atoms with E-state index in [9.17, 15) is 13.2 Å². The van der Waals surface area contributed by atoms with Crippen LogP contribution >= 0.6 is 11.6 Å². The zero-order chi connectivity index (χ0) is 24.0. The molecule has 1 aliphatic rings. The molecular formula is C25H33ClN2O4S. The highest BCUT2D eigenvalue weighted by molar-refractivity contribution is 7.88. The number of rotatable bonds is 9. The average molecular weight is 493 g/mol. The van der Waals surface area contributed by atoms with E-state index in [1.807, 2.05) is 24.3 Å². The van der Waals surface area contributed by atoms with Gasteiger partial charge in [-0.1, -0.05) is 49.7 Å². The third-order valence-electron chi connectivity index (χ3n) is 6.00. The molecule has 3 rings (SSSR count). The predicted molar refractivity (Wildman–Crippen MR) is 132 cm³/mol. The highest BCUT2D eigenvalue weighted by Gasteiger charge is 2.32. The number of amides is 1. The molecule has 0 saturated carbocycles. The van der Waals surface area contributed by atoms with Crippen LogP contribution in [0.1, 0.15) is 50.3 Å². The summed E-state index contributed by atoms with van der Waals surface area (Å²) in [4.78, 5) is 13.1. The van der Waals surface area contributed by atoms with E-state index in [2.05, 4.69) is 19.2 Å². The Bertz CT molecular complexity index is 1030. The van der Waals surface area contributed by atoms with Crippen LogP contribution in [0.2, 0.25) is 5.02 Å².